The number of rotatable bonds is 3. The number of halogens is 1. The Balaban J connectivity index is 2.05. The number of aryl methyl sites for hydroxylation is 2. The zero-order chi connectivity index (χ0) is 15.0. The topological polar surface area (TPSA) is 54.4 Å². The number of benzene rings is 2. The van der Waals surface area contributed by atoms with Gasteiger partial charge in [0.2, 0.25) is 0 Å². The standard InChI is InChI=1S/C15H13ClO3S2/c16-12-5-7-14(15(9-12)21(18)19)20(17)13-6-4-10-2-1-3-11(10)8-13/h4-9H,1-3H2,(H,18,19). The van der Waals surface area contributed by atoms with Crippen molar-refractivity contribution in [1.82, 2.24) is 0 Å². The second-order valence-electron chi connectivity index (χ2n) is 4.89. The van der Waals surface area contributed by atoms with Gasteiger partial charge in [-0.25, -0.2) is 8.42 Å². The Morgan fingerprint density at radius 1 is 0.952 bits per heavy atom. The molecule has 1 N–H and O–H groups in total. The third kappa shape index (κ3) is 2.97. The molecule has 0 fully saturated rings. The van der Waals surface area contributed by atoms with Gasteiger partial charge in [0.05, 0.1) is 20.6 Å². The largest absolute Gasteiger partial charge is 0.302 e. The molecule has 3 nitrogen and oxygen atoms in total. The van der Waals surface area contributed by atoms with Crippen LogP contribution >= 0.6 is 11.6 Å². The zero-order valence-corrected chi connectivity index (χ0v) is 13.4. The van der Waals surface area contributed by atoms with E-state index >= 15 is 0 Å². The van der Waals surface area contributed by atoms with Crippen molar-refractivity contribution in [2.45, 2.75) is 33.9 Å². The van der Waals surface area contributed by atoms with Crippen molar-refractivity contribution < 1.29 is 13.0 Å². The van der Waals surface area contributed by atoms with Gasteiger partial charge < -0.3 is 4.55 Å². The van der Waals surface area contributed by atoms with Crippen molar-refractivity contribution in [2.75, 3.05) is 0 Å². The van der Waals surface area contributed by atoms with E-state index < -0.39 is 21.9 Å². The molecule has 0 heterocycles. The van der Waals surface area contributed by atoms with Gasteiger partial charge >= 0.3 is 0 Å². The van der Waals surface area contributed by atoms with Gasteiger partial charge in [-0.2, -0.15) is 0 Å². The van der Waals surface area contributed by atoms with Crippen molar-refractivity contribution in [3.8, 4) is 0 Å². The third-order valence-corrected chi connectivity index (χ3v) is 6.09. The van der Waals surface area contributed by atoms with Gasteiger partial charge in [-0.3, -0.25) is 0 Å². The first-order valence-electron chi connectivity index (χ1n) is 6.50. The molecule has 0 saturated carbocycles. The maximum atomic E-state index is 12.7. The van der Waals surface area contributed by atoms with Crippen LogP contribution in [0.5, 0.6) is 0 Å². The normalized spacial score (nSPS) is 16.5. The molecule has 0 aliphatic heterocycles. The molecule has 1 aliphatic rings. The summed E-state index contributed by atoms with van der Waals surface area (Å²) in [6.07, 6.45) is 3.19. The smallest absolute Gasteiger partial charge is 0.187 e. The summed E-state index contributed by atoms with van der Waals surface area (Å²) in [7, 11) is -1.49. The van der Waals surface area contributed by atoms with E-state index in [0.29, 0.717) is 14.8 Å². The predicted molar refractivity (Wildman–Crippen MR) is 83.6 cm³/mol. The number of fused-ring (bicyclic) bond motifs is 1. The number of hydrogen-bond acceptors (Lipinski definition) is 2. The summed E-state index contributed by atoms with van der Waals surface area (Å²) in [5, 5.41) is 0.349. The van der Waals surface area contributed by atoms with Gasteiger partial charge in [0.15, 0.2) is 11.1 Å². The Morgan fingerprint density at radius 3 is 2.48 bits per heavy atom. The molecule has 0 aromatic heterocycles. The molecule has 2 aromatic carbocycles. The predicted octanol–water partition coefficient (Wildman–Crippen LogP) is 3.58. The van der Waals surface area contributed by atoms with E-state index in [0.717, 1.165) is 19.3 Å². The Bertz CT molecular complexity index is 759. The van der Waals surface area contributed by atoms with Crippen LogP contribution < -0.4 is 0 Å². The Morgan fingerprint density at radius 2 is 1.71 bits per heavy atom. The van der Waals surface area contributed by atoms with E-state index in [9.17, 15) is 13.0 Å². The highest BCUT2D eigenvalue weighted by Crippen LogP contribution is 2.29. The monoisotopic (exact) mass is 340 g/mol. The molecule has 1 aliphatic carbocycles. The van der Waals surface area contributed by atoms with Crippen molar-refractivity contribution >= 4 is 33.5 Å². The van der Waals surface area contributed by atoms with Crippen LogP contribution in [0.3, 0.4) is 0 Å². The SMILES string of the molecule is O=S(O)c1cc(Cl)ccc1S(=O)c1ccc2c(c1)CCC2. The van der Waals surface area contributed by atoms with Crippen molar-refractivity contribution in [3.05, 3.63) is 52.5 Å². The van der Waals surface area contributed by atoms with Crippen LogP contribution in [0.15, 0.2) is 51.1 Å². The molecule has 0 radical (unpaired) electrons. The lowest BCUT2D eigenvalue weighted by Gasteiger charge is -2.08. The molecule has 2 unspecified atom stereocenters. The molecule has 6 heteroatoms. The lowest BCUT2D eigenvalue weighted by atomic mass is 10.1. The summed E-state index contributed by atoms with van der Waals surface area (Å²) >= 11 is 3.62. The van der Waals surface area contributed by atoms with E-state index in [1.165, 1.54) is 17.2 Å². The quantitative estimate of drug-likeness (QED) is 0.869. The molecule has 2 atom stereocenters. The van der Waals surface area contributed by atoms with E-state index in [1.807, 2.05) is 18.2 Å². The molecular formula is C15H13ClO3S2. The molecule has 2 aromatic rings. The molecular weight excluding hydrogens is 328 g/mol. The summed E-state index contributed by atoms with van der Waals surface area (Å²) in [6, 6.07) is 10.3. The van der Waals surface area contributed by atoms with Crippen LogP contribution in [-0.4, -0.2) is 13.0 Å². The van der Waals surface area contributed by atoms with Gasteiger partial charge in [-0.05, 0) is 60.7 Å². The summed E-state index contributed by atoms with van der Waals surface area (Å²) in [4.78, 5) is 1.09. The minimum Gasteiger partial charge on any atom is -0.302 e. The van der Waals surface area contributed by atoms with Gasteiger partial charge in [0, 0.05) is 9.92 Å². The van der Waals surface area contributed by atoms with Gasteiger partial charge in [-0.15, -0.1) is 0 Å². The Kier molecular flexibility index (Phi) is 4.26. The van der Waals surface area contributed by atoms with E-state index in [1.54, 1.807) is 12.1 Å². The first-order chi connectivity index (χ1) is 10.1. The molecule has 21 heavy (non-hydrogen) atoms. The third-order valence-electron chi connectivity index (χ3n) is 3.58. The van der Waals surface area contributed by atoms with Crippen LogP contribution in [0, 0.1) is 0 Å². The maximum Gasteiger partial charge on any atom is 0.187 e. The molecule has 110 valence electrons. The highest BCUT2D eigenvalue weighted by Gasteiger charge is 2.18. The molecule has 0 bridgehead atoms. The summed E-state index contributed by atoms with van der Waals surface area (Å²) < 4.78 is 33.5. The van der Waals surface area contributed by atoms with Crippen LogP contribution in [-0.2, 0) is 34.7 Å². The average molecular weight is 341 g/mol. The fourth-order valence-corrected chi connectivity index (χ4v) is 4.84. The van der Waals surface area contributed by atoms with Crippen LogP contribution in [0.1, 0.15) is 17.5 Å². The zero-order valence-electron chi connectivity index (χ0n) is 11.0. The van der Waals surface area contributed by atoms with Gasteiger partial charge in [0.1, 0.15) is 0 Å². The van der Waals surface area contributed by atoms with Crippen LogP contribution in [0.4, 0.5) is 0 Å². The lowest BCUT2D eigenvalue weighted by Crippen LogP contribution is -2.01. The Hall–Kier alpha value is -1.01. The molecule has 0 amide bonds. The van der Waals surface area contributed by atoms with Crippen LogP contribution in [0.2, 0.25) is 5.02 Å². The van der Waals surface area contributed by atoms with E-state index in [2.05, 4.69) is 0 Å². The minimum atomic E-state index is -2.22. The number of hydrogen-bond donors (Lipinski definition) is 1. The maximum absolute atomic E-state index is 12.7. The fraction of sp³-hybridized carbons (Fsp3) is 0.200. The van der Waals surface area contributed by atoms with E-state index in [4.69, 9.17) is 11.6 Å². The van der Waals surface area contributed by atoms with Crippen molar-refractivity contribution in [3.63, 3.8) is 0 Å². The molecule has 0 spiro atoms. The summed E-state index contributed by atoms with van der Waals surface area (Å²) in [6.45, 7) is 0. The highest BCUT2D eigenvalue weighted by molar-refractivity contribution is 7.86. The van der Waals surface area contributed by atoms with Crippen molar-refractivity contribution in [2.24, 2.45) is 0 Å². The minimum absolute atomic E-state index is 0.0985. The second kappa shape index (κ2) is 6.01. The molecule has 3 rings (SSSR count). The lowest BCUT2D eigenvalue weighted by molar-refractivity contribution is 0.561. The summed E-state index contributed by atoms with van der Waals surface area (Å²) in [5.74, 6) is 0. The van der Waals surface area contributed by atoms with Crippen LogP contribution in [0.25, 0.3) is 0 Å². The average Bonchev–Trinajstić information content (AvgIpc) is 2.93. The first-order valence-corrected chi connectivity index (χ1v) is 9.13. The summed E-state index contributed by atoms with van der Waals surface area (Å²) in [5.41, 5.74) is 2.53. The fourth-order valence-electron chi connectivity index (χ4n) is 2.56. The van der Waals surface area contributed by atoms with Gasteiger partial charge in [-0.1, -0.05) is 17.7 Å². The second-order valence-corrected chi connectivity index (χ2v) is 7.72. The Labute approximate surface area is 133 Å². The van der Waals surface area contributed by atoms with Crippen molar-refractivity contribution in [1.29, 1.82) is 0 Å². The highest BCUT2D eigenvalue weighted by atomic mass is 35.5. The van der Waals surface area contributed by atoms with Gasteiger partial charge in [0.25, 0.3) is 0 Å². The van der Waals surface area contributed by atoms with E-state index in [-0.39, 0.29) is 4.90 Å². The molecule has 0 saturated heterocycles. The first kappa shape index (κ1) is 14.9.